The summed E-state index contributed by atoms with van der Waals surface area (Å²) in [5.41, 5.74) is 0.111. The molecule has 0 radical (unpaired) electrons. The number of hydrogen-bond donors (Lipinski definition) is 0. The van der Waals surface area contributed by atoms with Crippen molar-refractivity contribution in [2.75, 3.05) is 7.11 Å². The van der Waals surface area contributed by atoms with Gasteiger partial charge >= 0.3 is 7.12 Å². The van der Waals surface area contributed by atoms with Gasteiger partial charge in [-0.3, -0.25) is 4.68 Å². The molecular formula is C13H23BN2O3. The van der Waals surface area contributed by atoms with Crippen molar-refractivity contribution in [3.63, 3.8) is 0 Å². The Labute approximate surface area is 115 Å². The smallest absolute Gasteiger partial charge is 0.494 e. The van der Waals surface area contributed by atoms with Crippen LogP contribution in [-0.4, -0.2) is 35.2 Å². The van der Waals surface area contributed by atoms with E-state index in [2.05, 4.69) is 18.9 Å². The standard InChI is InChI=1S/C13H23BN2O3/c1-9(2)16-11(10(17-7)8-15-16)14-18-12(3,4)13(5,6)19-14/h8-9H,1-7H3. The summed E-state index contributed by atoms with van der Waals surface area (Å²) in [7, 11) is 1.18. The first-order valence-corrected chi connectivity index (χ1v) is 6.66. The largest absolute Gasteiger partial charge is 0.518 e. The lowest BCUT2D eigenvalue weighted by Gasteiger charge is -2.32. The molecule has 1 aliphatic heterocycles. The van der Waals surface area contributed by atoms with Crippen LogP contribution in [0.3, 0.4) is 0 Å². The number of methoxy groups -OCH3 is 1. The molecule has 0 atom stereocenters. The van der Waals surface area contributed by atoms with Crippen LogP contribution in [0.25, 0.3) is 0 Å². The number of nitrogens with zero attached hydrogens (tertiary/aromatic N) is 2. The topological polar surface area (TPSA) is 45.5 Å². The maximum absolute atomic E-state index is 6.08. The Morgan fingerprint density at radius 1 is 1.21 bits per heavy atom. The van der Waals surface area contributed by atoms with E-state index >= 15 is 0 Å². The minimum atomic E-state index is -0.454. The summed E-state index contributed by atoms with van der Waals surface area (Å²) in [6.45, 7) is 12.3. The molecule has 0 aromatic carbocycles. The molecule has 2 rings (SSSR count). The van der Waals surface area contributed by atoms with Gasteiger partial charge in [0.1, 0.15) is 5.59 Å². The monoisotopic (exact) mass is 266 g/mol. The van der Waals surface area contributed by atoms with Crippen molar-refractivity contribution >= 4 is 12.7 Å². The van der Waals surface area contributed by atoms with Crippen LogP contribution in [0, 0.1) is 0 Å². The summed E-state index contributed by atoms with van der Waals surface area (Å²) in [6.07, 6.45) is 1.71. The molecule has 6 heteroatoms. The minimum absolute atomic E-state index is 0.220. The fraction of sp³-hybridized carbons (Fsp3) is 0.769. The van der Waals surface area contributed by atoms with E-state index in [0.29, 0.717) is 5.75 Å². The second kappa shape index (κ2) is 4.53. The van der Waals surface area contributed by atoms with Gasteiger partial charge in [0.15, 0.2) is 5.75 Å². The third-order valence-electron chi connectivity index (χ3n) is 3.98. The molecule has 1 fully saturated rings. The van der Waals surface area contributed by atoms with Crippen LogP contribution in [0.15, 0.2) is 6.20 Å². The summed E-state index contributed by atoms with van der Waals surface area (Å²) in [5.74, 6) is 0.701. The molecule has 0 unspecified atom stereocenters. The Kier molecular flexibility index (Phi) is 3.43. The first-order valence-electron chi connectivity index (χ1n) is 6.66. The number of rotatable bonds is 3. The van der Waals surface area contributed by atoms with Crippen LogP contribution in [0.5, 0.6) is 5.75 Å². The van der Waals surface area contributed by atoms with Gasteiger partial charge in [0.05, 0.1) is 24.5 Å². The van der Waals surface area contributed by atoms with Gasteiger partial charge in [-0.05, 0) is 41.5 Å². The molecule has 106 valence electrons. The first kappa shape index (κ1) is 14.4. The predicted octanol–water partition coefficient (Wildman–Crippen LogP) is 1.77. The van der Waals surface area contributed by atoms with Gasteiger partial charge < -0.3 is 14.0 Å². The van der Waals surface area contributed by atoms with Crippen LogP contribution >= 0.6 is 0 Å². The normalized spacial score (nSPS) is 21.2. The Hall–Kier alpha value is -1.01. The van der Waals surface area contributed by atoms with E-state index in [4.69, 9.17) is 14.0 Å². The third-order valence-corrected chi connectivity index (χ3v) is 3.98. The molecule has 2 heterocycles. The molecule has 1 aromatic rings. The van der Waals surface area contributed by atoms with E-state index in [1.807, 2.05) is 32.4 Å². The second-order valence-electron chi connectivity index (χ2n) is 6.22. The molecule has 0 amide bonds. The maximum Gasteiger partial charge on any atom is 0.518 e. The molecule has 1 aliphatic rings. The lowest BCUT2D eigenvalue weighted by atomic mass is 9.83. The highest BCUT2D eigenvalue weighted by Gasteiger charge is 2.53. The lowest BCUT2D eigenvalue weighted by Crippen LogP contribution is -2.41. The fourth-order valence-corrected chi connectivity index (χ4v) is 2.10. The Balaban J connectivity index is 2.41. The predicted molar refractivity (Wildman–Crippen MR) is 74.9 cm³/mol. The molecule has 1 saturated heterocycles. The van der Waals surface area contributed by atoms with E-state index in [-0.39, 0.29) is 17.2 Å². The average molecular weight is 266 g/mol. The third kappa shape index (κ3) is 2.27. The van der Waals surface area contributed by atoms with Gasteiger partial charge in [-0.25, -0.2) is 0 Å². The number of hydrogen-bond acceptors (Lipinski definition) is 4. The summed E-state index contributed by atoms with van der Waals surface area (Å²) >= 11 is 0. The van der Waals surface area contributed by atoms with Crippen LogP contribution < -0.4 is 10.3 Å². The molecule has 0 N–H and O–H groups in total. The van der Waals surface area contributed by atoms with Crippen molar-refractivity contribution < 1.29 is 14.0 Å². The van der Waals surface area contributed by atoms with Gasteiger partial charge in [-0.1, -0.05) is 0 Å². The summed E-state index contributed by atoms with van der Waals surface area (Å²) < 4.78 is 19.4. The Bertz CT molecular complexity index is 452. The zero-order chi connectivity index (χ0) is 14.4. The number of aromatic nitrogens is 2. The molecule has 1 aromatic heterocycles. The van der Waals surface area contributed by atoms with Crippen molar-refractivity contribution in [3.8, 4) is 5.75 Å². The van der Waals surface area contributed by atoms with Crippen molar-refractivity contribution in [1.29, 1.82) is 0 Å². The molecule has 0 spiro atoms. The molecule has 19 heavy (non-hydrogen) atoms. The van der Waals surface area contributed by atoms with Crippen LogP contribution in [0.1, 0.15) is 47.6 Å². The highest BCUT2D eigenvalue weighted by molar-refractivity contribution is 6.62. The van der Waals surface area contributed by atoms with Crippen LogP contribution in [-0.2, 0) is 9.31 Å². The van der Waals surface area contributed by atoms with Gasteiger partial charge in [-0.15, -0.1) is 0 Å². The second-order valence-corrected chi connectivity index (χ2v) is 6.22. The molecule has 5 nitrogen and oxygen atoms in total. The fourth-order valence-electron chi connectivity index (χ4n) is 2.10. The van der Waals surface area contributed by atoms with Crippen LogP contribution in [0.4, 0.5) is 0 Å². The highest BCUT2D eigenvalue weighted by Crippen LogP contribution is 2.37. The Morgan fingerprint density at radius 3 is 2.16 bits per heavy atom. The first-order chi connectivity index (χ1) is 8.69. The number of ether oxygens (including phenoxy) is 1. The van der Waals surface area contributed by atoms with Gasteiger partial charge in [0.2, 0.25) is 0 Å². The van der Waals surface area contributed by atoms with Crippen molar-refractivity contribution in [3.05, 3.63) is 6.20 Å². The van der Waals surface area contributed by atoms with E-state index in [9.17, 15) is 0 Å². The Morgan fingerprint density at radius 2 is 1.74 bits per heavy atom. The lowest BCUT2D eigenvalue weighted by molar-refractivity contribution is 0.00578. The van der Waals surface area contributed by atoms with Crippen molar-refractivity contribution in [2.45, 2.75) is 58.8 Å². The quantitative estimate of drug-likeness (QED) is 0.782. The van der Waals surface area contributed by atoms with Crippen molar-refractivity contribution in [2.24, 2.45) is 0 Å². The highest BCUT2D eigenvalue weighted by atomic mass is 16.7. The van der Waals surface area contributed by atoms with E-state index in [1.165, 1.54) is 0 Å². The van der Waals surface area contributed by atoms with Crippen molar-refractivity contribution in [1.82, 2.24) is 9.78 Å². The van der Waals surface area contributed by atoms with Gasteiger partial charge in [0, 0.05) is 6.04 Å². The van der Waals surface area contributed by atoms with Crippen LogP contribution in [0.2, 0.25) is 0 Å². The van der Waals surface area contributed by atoms with E-state index in [0.717, 1.165) is 5.59 Å². The van der Waals surface area contributed by atoms with Gasteiger partial charge in [0.25, 0.3) is 0 Å². The van der Waals surface area contributed by atoms with Gasteiger partial charge in [-0.2, -0.15) is 5.10 Å². The summed E-state index contributed by atoms with van der Waals surface area (Å²) in [4.78, 5) is 0. The molecular weight excluding hydrogens is 243 g/mol. The zero-order valence-electron chi connectivity index (χ0n) is 12.9. The molecule has 0 bridgehead atoms. The van der Waals surface area contributed by atoms with E-state index in [1.54, 1.807) is 13.3 Å². The molecule has 0 saturated carbocycles. The summed E-state index contributed by atoms with van der Waals surface area (Å²) in [5, 5.41) is 4.36. The zero-order valence-corrected chi connectivity index (χ0v) is 12.9. The SMILES string of the molecule is COc1cnn(C(C)C)c1B1OC(C)(C)C(C)(C)O1. The van der Waals surface area contributed by atoms with E-state index < -0.39 is 7.12 Å². The molecule has 0 aliphatic carbocycles. The minimum Gasteiger partial charge on any atom is -0.494 e. The summed E-state index contributed by atoms with van der Waals surface area (Å²) in [6, 6.07) is 0.220. The maximum atomic E-state index is 6.08. The average Bonchev–Trinajstić information content (AvgIpc) is 2.78.